The minimum atomic E-state index is -3.96. The summed E-state index contributed by atoms with van der Waals surface area (Å²) in [5, 5.41) is 14.0. The summed E-state index contributed by atoms with van der Waals surface area (Å²) in [6.07, 6.45) is 0.605. The molecular weight excluding hydrogens is 514 g/mol. The van der Waals surface area contributed by atoms with E-state index < -0.39 is 43.8 Å². The normalized spacial score (nSPS) is 14.9. The Morgan fingerprint density at radius 1 is 1.00 bits per heavy atom. The maximum absolute atomic E-state index is 13.5. The maximum atomic E-state index is 13.5. The van der Waals surface area contributed by atoms with Crippen LogP contribution in [0.5, 0.6) is 0 Å². The Hall–Kier alpha value is -2.47. The summed E-state index contributed by atoms with van der Waals surface area (Å²) in [7, 11) is -7.35. The number of amides is 1. The van der Waals surface area contributed by atoms with Crippen molar-refractivity contribution < 1.29 is 26.7 Å². The Morgan fingerprint density at radius 2 is 1.59 bits per heavy atom. The Kier molecular flexibility index (Phi) is 11.1. The molecule has 3 atom stereocenters. The minimum Gasteiger partial charge on any atom is -0.399 e. The van der Waals surface area contributed by atoms with Gasteiger partial charge in [-0.15, -0.1) is 0 Å². The van der Waals surface area contributed by atoms with E-state index >= 15 is 0 Å². The number of aliphatic hydroxyl groups is 1. The number of nitrogens with one attached hydrogen (secondary N) is 1. The van der Waals surface area contributed by atoms with Crippen molar-refractivity contribution >= 4 is 31.5 Å². The summed E-state index contributed by atoms with van der Waals surface area (Å²) in [6.45, 7) is 5.39. The summed E-state index contributed by atoms with van der Waals surface area (Å²) in [4.78, 5) is 12.9. The number of hydrogen-bond acceptors (Lipinski definition) is 7. The van der Waals surface area contributed by atoms with E-state index in [1.807, 2.05) is 44.2 Å². The zero-order chi connectivity index (χ0) is 27.8. The van der Waals surface area contributed by atoms with Crippen molar-refractivity contribution in [3.05, 3.63) is 60.2 Å². The van der Waals surface area contributed by atoms with Crippen molar-refractivity contribution in [2.75, 3.05) is 30.8 Å². The molecule has 3 unspecified atom stereocenters. The van der Waals surface area contributed by atoms with Gasteiger partial charge in [0.2, 0.25) is 15.9 Å². The second kappa shape index (κ2) is 13.4. The summed E-state index contributed by atoms with van der Waals surface area (Å²) >= 11 is 0. The molecule has 0 aliphatic carbocycles. The van der Waals surface area contributed by atoms with Gasteiger partial charge in [-0.3, -0.25) is 4.79 Å². The molecule has 0 heterocycles. The molecule has 0 radical (unpaired) electrons. The number of sulfonamides is 1. The lowest BCUT2D eigenvalue weighted by Crippen LogP contribution is -2.52. The number of rotatable bonds is 14. The van der Waals surface area contributed by atoms with Crippen LogP contribution in [0.1, 0.15) is 32.8 Å². The van der Waals surface area contributed by atoms with Gasteiger partial charge in [-0.1, -0.05) is 51.1 Å². The number of aliphatic hydroxyl groups excluding tert-OH is 1. The quantitative estimate of drug-likeness (QED) is 0.304. The summed E-state index contributed by atoms with van der Waals surface area (Å²) in [6, 6.07) is 14.2. The largest absolute Gasteiger partial charge is 0.399 e. The average Bonchev–Trinajstić information content (AvgIpc) is 2.80. The summed E-state index contributed by atoms with van der Waals surface area (Å²) in [5.74, 6) is -1.48. The lowest BCUT2D eigenvalue weighted by Gasteiger charge is -2.31. The fourth-order valence-corrected chi connectivity index (χ4v) is 6.38. The SMILES string of the molecule is CC(C)CCN(CC(O)C(Cc1ccccc1)NC(=O)C(C)CS(C)(=O)=O)S(=O)(=O)c1ccc(N)cc1. The topological polar surface area (TPSA) is 147 Å². The first-order valence-electron chi connectivity index (χ1n) is 12.2. The number of carbonyl (C=O) groups excluding carboxylic acids is 1. The Bertz CT molecular complexity index is 1220. The Labute approximate surface area is 221 Å². The number of anilines is 1. The van der Waals surface area contributed by atoms with Crippen LogP contribution in [0.15, 0.2) is 59.5 Å². The molecule has 2 rings (SSSR count). The maximum Gasteiger partial charge on any atom is 0.243 e. The number of hydrogen-bond donors (Lipinski definition) is 3. The number of nitrogen functional groups attached to an aromatic ring is 1. The highest BCUT2D eigenvalue weighted by Gasteiger charge is 2.32. The molecular formula is C26H39N3O6S2. The van der Waals surface area contributed by atoms with Crippen molar-refractivity contribution in [2.45, 2.75) is 50.7 Å². The van der Waals surface area contributed by atoms with Gasteiger partial charge in [0.25, 0.3) is 0 Å². The van der Waals surface area contributed by atoms with Gasteiger partial charge in [0, 0.05) is 31.0 Å². The summed E-state index contributed by atoms with van der Waals surface area (Å²) < 4.78 is 51.6. The summed E-state index contributed by atoms with van der Waals surface area (Å²) in [5.41, 5.74) is 6.98. The molecule has 37 heavy (non-hydrogen) atoms. The first-order valence-corrected chi connectivity index (χ1v) is 15.7. The van der Waals surface area contributed by atoms with Gasteiger partial charge >= 0.3 is 0 Å². The third-order valence-electron chi connectivity index (χ3n) is 5.96. The predicted molar refractivity (Wildman–Crippen MR) is 146 cm³/mol. The molecule has 9 nitrogen and oxygen atoms in total. The number of sulfone groups is 1. The molecule has 4 N–H and O–H groups in total. The smallest absolute Gasteiger partial charge is 0.243 e. The number of benzene rings is 2. The third-order valence-corrected chi connectivity index (χ3v) is 8.94. The van der Waals surface area contributed by atoms with Crippen molar-refractivity contribution in [1.29, 1.82) is 0 Å². The van der Waals surface area contributed by atoms with Gasteiger partial charge in [0.15, 0.2) is 0 Å². The molecule has 206 valence electrons. The Balaban J connectivity index is 2.33. The van der Waals surface area contributed by atoms with Crippen molar-refractivity contribution in [1.82, 2.24) is 9.62 Å². The van der Waals surface area contributed by atoms with E-state index in [1.54, 1.807) is 0 Å². The van der Waals surface area contributed by atoms with Gasteiger partial charge in [-0.2, -0.15) is 4.31 Å². The van der Waals surface area contributed by atoms with Crippen molar-refractivity contribution in [3.8, 4) is 0 Å². The molecule has 11 heteroatoms. The monoisotopic (exact) mass is 553 g/mol. The predicted octanol–water partition coefficient (Wildman–Crippen LogP) is 2.07. The zero-order valence-electron chi connectivity index (χ0n) is 21.9. The highest BCUT2D eigenvalue weighted by molar-refractivity contribution is 7.90. The van der Waals surface area contributed by atoms with Gasteiger partial charge < -0.3 is 16.2 Å². The number of nitrogens with two attached hydrogens (primary N) is 1. The van der Waals surface area contributed by atoms with Crippen LogP contribution in [0, 0.1) is 11.8 Å². The molecule has 0 bridgehead atoms. The molecule has 0 saturated carbocycles. The molecule has 0 aromatic heterocycles. The molecule has 0 spiro atoms. The number of carbonyl (C=O) groups is 1. The lowest BCUT2D eigenvalue weighted by molar-refractivity contribution is -0.125. The molecule has 0 fully saturated rings. The lowest BCUT2D eigenvalue weighted by atomic mass is 10.00. The van der Waals surface area contributed by atoms with Gasteiger partial charge in [-0.25, -0.2) is 16.8 Å². The minimum absolute atomic E-state index is 0.0584. The van der Waals surface area contributed by atoms with Crippen LogP contribution < -0.4 is 11.1 Å². The molecule has 0 saturated heterocycles. The third kappa shape index (κ3) is 10.1. The van der Waals surface area contributed by atoms with E-state index in [4.69, 9.17) is 5.73 Å². The van der Waals surface area contributed by atoms with E-state index in [9.17, 15) is 26.7 Å². The average molecular weight is 554 g/mol. The van der Waals surface area contributed by atoms with E-state index in [0.717, 1.165) is 11.8 Å². The van der Waals surface area contributed by atoms with Crippen LogP contribution in [0.4, 0.5) is 5.69 Å². The first-order chi connectivity index (χ1) is 17.2. The van der Waals surface area contributed by atoms with Crippen LogP contribution >= 0.6 is 0 Å². The van der Waals surface area contributed by atoms with Gasteiger partial charge in [0.05, 0.1) is 22.8 Å². The van der Waals surface area contributed by atoms with Gasteiger partial charge in [-0.05, 0) is 48.6 Å². The van der Waals surface area contributed by atoms with Crippen molar-refractivity contribution in [2.24, 2.45) is 11.8 Å². The molecule has 2 aromatic rings. The van der Waals surface area contributed by atoms with E-state index in [1.165, 1.54) is 35.5 Å². The zero-order valence-corrected chi connectivity index (χ0v) is 23.5. The molecule has 2 aromatic carbocycles. The first kappa shape index (κ1) is 30.8. The van der Waals surface area contributed by atoms with Crippen LogP contribution in [0.2, 0.25) is 0 Å². The highest BCUT2D eigenvalue weighted by atomic mass is 32.2. The van der Waals surface area contributed by atoms with Gasteiger partial charge in [0.1, 0.15) is 9.84 Å². The standard InChI is InChI=1S/C26H39N3O6S2/c1-19(2)14-15-29(37(34,35)23-12-10-22(27)11-13-23)17-25(30)24(16-21-8-6-5-7-9-21)28-26(31)20(3)18-36(4,32)33/h5-13,19-20,24-25,30H,14-18,27H2,1-4H3,(H,28,31). The van der Waals surface area contributed by atoms with Crippen LogP contribution in [0.3, 0.4) is 0 Å². The fraction of sp³-hybridized carbons (Fsp3) is 0.500. The molecule has 0 aliphatic heterocycles. The molecule has 0 aliphatic rings. The van der Waals surface area contributed by atoms with E-state index in [0.29, 0.717) is 12.1 Å². The second-order valence-corrected chi connectivity index (χ2v) is 14.1. The van der Waals surface area contributed by atoms with Crippen molar-refractivity contribution in [3.63, 3.8) is 0 Å². The molecule has 1 amide bonds. The Morgan fingerprint density at radius 3 is 2.14 bits per heavy atom. The van der Waals surface area contributed by atoms with Crippen LogP contribution in [-0.2, 0) is 31.1 Å². The van der Waals surface area contributed by atoms with Crippen LogP contribution in [-0.4, -0.2) is 69.4 Å². The van der Waals surface area contributed by atoms with Crippen LogP contribution in [0.25, 0.3) is 0 Å². The van der Waals surface area contributed by atoms with E-state index in [2.05, 4.69) is 5.32 Å². The highest BCUT2D eigenvalue weighted by Crippen LogP contribution is 2.20. The number of nitrogens with zero attached hydrogens (tertiary/aromatic N) is 1. The fourth-order valence-electron chi connectivity index (χ4n) is 3.84. The van der Waals surface area contributed by atoms with E-state index in [-0.39, 0.29) is 36.1 Å². The second-order valence-electron chi connectivity index (χ2n) is 9.98.